The number of furan rings is 1. The van der Waals surface area contributed by atoms with Crippen LogP contribution in [0.1, 0.15) is 0 Å². The molecule has 3 heterocycles. The van der Waals surface area contributed by atoms with Crippen molar-refractivity contribution in [3.8, 4) is 39.5 Å². The van der Waals surface area contributed by atoms with Crippen LogP contribution in [0.15, 0.2) is 180 Å². The molecule has 0 bridgehead atoms. The summed E-state index contributed by atoms with van der Waals surface area (Å²) in [6.07, 6.45) is 0. The Kier molecular flexibility index (Phi) is 6.22. The molecule has 0 radical (unpaired) electrons. The first-order chi connectivity index (χ1) is 25.8. The fraction of sp³-hybridized carbons (Fsp3) is 0. The lowest BCUT2D eigenvalue weighted by Gasteiger charge is -2.11. The van der Waals surface area contributed by atoms with Crippen molar-refractivity contribution < 1.29 is 4.42 Å². The third-order valence-corrected chi connectivity index (χ3v) is 10.4. The molecule has 11 aromatic rings. The Balaban J connectivity index is 1.23. The average molecular weight is 664 g/mol. The van der Waals surface area contributed by atoms with Crippen LogP contribution >= 0.6 is 0 Å². The van der Waals surface area contributed by atoms with E-state index in [2.05, 4.69) is 168 Å². The Bertz CT molecular complexity index is 3070. The molecule has 0 N–H and O–H groups in total. The molecule has 8 aromatic carbocycles. The second-order valence-corrected chi connectivity index (χ2v) is 13.4. The minimum Gasteiger partial charge on any atom is -0.437 e. The molecule has 11 rings (SSSR count). The van der Waals surface area contributed by atoms with Crippen LogP contribution in [0.4, 0.5) is 0 Å². The van der Waals surface area contributed by atoms with Crippen molar-refractivity contribution in [2.75, 3.05) is 0 Å². The Morgan fingerprint density at radius 1 is 0.385 bits per heavy atom. The van der Waals surface area contributed by atoms with Crippen molar-refractivity contribution in [1.29, 1.82) is 0 Å². The van der Waals surface area contributed by atoms with Gasteiger partial charge in [-0.15, -0.1) is 0 Å². The van der Waals surface area contributed by atoms with Gasteiger partial charge in [0, 0.05) is 21.7 Å². The summed E-state index contributed by atoms with van der Waals surface area (Å²) in [6, 6.07) is 62.0. The van der Waals surface area contributed by atoms with Crippen LogP contribution in [-0.2, 0) is 0 Å². The molecule has 52 heavy (non-hydrogen) atoms. The van der Waals surface area contributed by atoms with E-state index in [0.717, 1.165) is 55.3 Å². The SMILES string of the molecule is c1ccc(-c2ccc(-c3nc(-n4c5ccc6ccccc6c5c5c6ccccc6ccc54)nc4oc5cc(-c6ccccc6)ccc5c34)cc2)cc1. The van der Waals surface area contributed by atoms with Gasteiger partial charge in [0.25, 0.3) is 0 Å². The van der Waals surface area contributed by atoms with E-state index in [0.29, 0.717) is 11.7 Å². The van der Waals surface area contributed by atoms with Gasteiger partial charge < -0.3 is 4.42 Å². The van der Waals surface area contributed by atoms with Crippen molar-refractivity contribution in [1.82, 2.24) is 14.5 Å². The second-order valence-electron chi connectivity index (χ2n) is 13.4. The molecule has 0 atom stereocenters. The topological polar surface area (TPSA) is 43.9 Å². The normalized spacial score (nSPS) is 11.8. The van der Waals surface area contributed by atoms with E-state index in [1.165, 1.54) is 37.9 Å². The van der Waals surface area contributed by atoms with E-state index in [4.69, 9.17) is 14.4 Å². The molecule has 0 amide bonds. The number of aromatic nitrogens is 3. The standard InChI is InChI=1S/C48H29N3O/c1-3-11-30(12-4-1)32-19-21-35(22-20-32)46-45-39-26-23-36(31-13-5-2-6-14-31)29-42(39)52-47(45)50-48(49-46)51-40-27-24-33-15-7-9-17-37(33)43(40)44-38-18-10-8-16-34(38)25-28-41(44)51/h1-29H. The molecule has 4 heteroatoms. The Morgan fingerprint density at radius 2 is 0.904 bits per heavy atom. The summed E-state index contributed by atoms with van der Waals surface area (Å²) in [5.41, 5.74) is 9.84. The first-order valence-electron chi connectivity index (χ1n) is 17.6. The molecule has 4 nitrogen and oxygen atoms in total. The molecule has 0 fully saturated rings. The molecular formula is C48H29N3O. The van der Waals surface area contributed by atoms with Gasteiger partial charge in [-0.2, -0.15) is 4.98 Å². The summed E-state index contributed by atoms with van der Waals surface area (Å²) in [5, 5.41) is 9.09. The number of rotatable bonds is 4. The third-order valence-electron chi connectivity index (χ3n) is 10.4. The predicted molar refractivity (Wildman–Crippen MR) is 215 cm³/mol. The zero-order chi connectivity index (χ0) is 34.2. The van der Waals surface area contributed by atoms with Crippen LogP contribution in [-0.4, -0.2) is 14.5 Å². The van der Waals surface area contributed by atoms with E-state index in [1.54, 1.807) is 0 Å². The Labute approximate surface area is 298 Å². The van der Waals surface area contributed by atoms with Gasteiger partial charge in [0.1, 0.15) is 5.58 Å². The molecule has 0 saturated heterocycles. The zero-order valence-corrected chi connectivity index (χ0v) is 28.0. The molecule has 3 aromatic heterocycles. The van der Waals surface area contributed by atoms with Crippen LogP contribution in [0.5, 0.6) is 0 Å². The van der Waals surface area contributed by atoms with Gasteiger partial charge in [0.05, 0.1) is 22.1 Å². The monoisotopic (exact) mass is 663 g/mol. The maximum absolute atomic E-state index is 6.71. The fourth-order valence-corrected chi connectivity index (χ4v) is 8.00. The largest absolute Gasteiger partial charge is 0.437 e. The lowest BCUT2D eigenvalue weighted by molar-refractivity contribution is 0.651. The summed E-state index contributed by atoms with van der Waals surface area (Å²) in [5.74, 6) is 0.572. The molecule has 0 saturated carbocycles. The van der Waals surface area contributed by atoms with Gasteiger partial charge in [-0.25, -0.2) is 4.98 Å². The van der Waals surface area contributed by atoms with Gasteiger partial charge in [-0.05, 0) is 68.1 Å². The van der Waals surface area contributed by atoms with Crippen molar-refractivity contribution in [2.45, 2.75) is 0 Å². The maximum Gasteiger partial charge on any atom is 0.238 e. The van der Waals surface area contributed by atoms with Gasteiger partial charge in [0.15, 0.2) is 0 Å². The number of benzene rings is 8. The lowest BCUT2D eigenvalue weighted by atomic mass is 10.00. The van der Waals surface area contributed by atoms with Crippen molar-refractivity contribution >= 4 is 65.4 Å². The molecule has 0 aliphatic heterocycles. The van der Waals surface area contributed by atoms with E-state index in [-0.39, 0.29) is 0 Å². The molecule has 0 aliphatic carbocycles. The molecule has 0 aliphatic rings. The second kappa shape index (κ2) is 11.2. The van der Waals surface area contributed by atoms with Crippen LogP contribution in [0.2, 0.25) is 0 Å². The summed E-state index contributed by atoms with van der Waals surface area (Å²) in [6.45, 7) is 0. The van der Waals surface area contributed by atoms with Crippen molar-refractivity contribution in [3.05, 3.63) is 176 Å². The number of hydrogen-bond donors (Lipinski definition) is 0. The van der Waals surface area contributed by atoms with Gasteiger partial charge >= 0.3 is 0 Å². The minimum atomic E-state index is 0.559. The number of hydrogen-bond acceptors (Lipinski definition) is 3. The maximum atomic E-state index is 6.71. The summed E-state index contributed by atoms with van der Waals surface area (Å²) in [7, 11) is 0. The molecule has 0 spiro atoms. The molecular weight excluding hydrogens is 635 g/mol. The zero-order valence-electron chi connectivity index (χ0n) is 28.0. The average Bonchev–Trinajstić information content (AvgIpc) is 3.77. The summed E-state index contributed by atoms with van der Waals surface area (Å²) >= 11 is 0. The fourth-order valence-electron chi connectivity index (χ4n) is 8.00. The Hall–Kier alpha value is -7.04. The first kappa shape index (κ1) is 28.8. The molecule has 242 valence electrons. The van der Waals surface area contributed by atoms with Crippen molar-refractivity contribution in [3.63, 3.8) is 0 Å². The highest BCUT2D eigenvalue weighted by atomic mass is 16.3. The predicted octanol–water partition coefficient (Wildman–Crippen LogP) is 12.8. The van der Waals surface area contributed by atoms with Crippen molar-refractivity contribution in [2.24, 2.45) is 0 Å². The van der Waals surface area contributed by atoms with Gasteiger partial charge in [-0.3, -0.25) is 4.57 Å². The molecule has 0 unspecified atom stereocenters. The highest BCUT2D eigenvalue weighted by Crippen LogP contribution is 2.42. The number of nitrogens with zero attached hydrogens (tertiary/aromatic N) is 3. The van der Waals surface area contributed by atoms with Crippen LogP contribution < -0.4 is 0 Å². The van der Waals surface area contributed by atoms with Gasteiger partial charge in [0.2, 0.25) is 11.7 Å². The summed E-state index contributed by atoms with van der Waals surface area (Å²) < 4.78 is 8.92. The summed E-state index contributed by atoms with van der Waals surface area (Å²) in [4.78, 5) is 10.7. The van der Waals surface area contributed by atoms with E-state index >= 15 is 0 Å². The highest BCUT2D eigenvalue weighted by molar-refractivity contribution is 6.28. The Morgan fingerprint density at radius 3 is 1.54 bits per heavy atom. The number of fused-ring (bicyclic) bond motifs is 10. The van der Waals surface area contributed by atoms with E-state index in [9.17, 15) is 0 Å². The smallest absolute Gasteiger partial charge is 0.238 e. The van der Waals surface area contributed by atoms with E-state index in [1.807, 2.05) is 12.1 Å². The van der Waals surface area contributed by atoms with Gasteiger partial charge in [-0.1, -0.05) is 152 Å². The minimum absolute atomic E-state index is 0.559. The lowest BCUT2D eigenvalue weighted by Crippen LogP contribution is -2.03. The van der Waals surface area contributed by atoms with E-state index < -0.39 is 0 Å². The quantitative estimate of drug-likeness (QED) is 0.188. The van der Waals surface area contributed by atoms with Crippen LogP contribution in [0.3, 0.4) is 0 Å². The van der Waals surface area contributed by atoms with Crippen LogP contribution in [0.25, 0.3) is 105 Å². The third kappa shape index (κ3) is 4.34. The first-order valence-corrected chi connectivity index (χ1v) is 17.6. The highest BCUT2D eigenvalue weighted by Gasteiger charge is 2.23. The van der Waals surface area contributed by atoms with Crippen LogP contribution in [0, 0.1) is 0 Å².